The molecular formula is C13H26N2O. The fraction of sp³-hybridized carbons (Fsp3) is 0.923. The number of nitrogens with zero attached hydrogens (tertiary/aromatic N) is 1. The van der Waals surface area contributed by atoms with Gasteiger partial charge in [0.2, 0.25) is 5.91 Å². The third kappa shape index (κ3) is 4.12. The van der Waals surface area contributed by atoms with Crippen molar-refractivity contribution in [2.45, 2.75) is 52.5 Å². The van der Waals surface area contributed by atoms with Crippen LogP contribution < -0.4 is 5.32 Å². The summed E-state index contributed by atoms with van der Waals surface area (Å²) >= 11 is 0. The van der Waals surface area contributed by atoms with Gasteiger partial charge in [-0.1, -0.05) is 6.92 Å². The van der Waals surface area contributed by atoms with Gasteiger partial charge in [-0.15, -0.1) is 0 Å². The van der Waals surface area contributed by atoms with E-state index in [4.69, 9.17) is 0 Å². The van der Waals surface area contributed by atoms with Gasteiger partial charge in [-0.3, -0.25) is 9.69 Å². The average Bonchev–Trinajstić information content (AvgIpc) is 2.25. The Labute approximate surface area is 99.6 Å². The lowest BCUT2D eigenvalue weighted by atomic mass is 9.93. The molecule has 1 saturated heterocycles. The summed E-state index contributed by atoms with van der Waals surface area (Å²) in [5.74, 6) is 0.854. The van der Waals surface area contributed by atoms with Crippen molar-refractivity contribution >= 4 is 5.91 Å². The van der Waals surface area contributed by atoms with Crippen LogP contribution in [0.15, 0.2) is 0 Å². The highest BCUT2D eigenvalue weighted by Crippen LogP contribution is 2.23. The van der Waals surface area contributed by atoms with Crippen molar-refractivity contribution in [1.82, 2.24) is 10.2 Å². The Morgan fingerprint density at radius 1 is 1.31 bits per heavy atom. The number of likely N-dealkylation sites (tertiary alicyclic amines) is 1. The molecule has 0 aromatic heterocycles. The molecular weight excluding hydrogens is 200 g/mol. The minimum absolute atomic E-state index is 0.179. The maximum absolute atomic E-state index is 11.2. The van der Waals surface area contributed by atoms with E-state index in [2.05, 4.69) is 31.0 Å². The largest absolute Gasteiger partial charge is 0.356 e. The SMILES string of the molecule is CCC(=O)NCC1CCN(C(C)(C)C)CC1. The second kappa shape index (κ2) is 5.67. The molecule has 1 N–H and O–H groups in total. The van der Waals surface area contributed by atoms with Crippen LogP contribution in [0.4, 0.5) is 0 Å². The van der Waals surface area contributed by atoms with E-state index in [0.29, 0.717) is 12.3 Å². The summed E-state index contributed by atoms with van der Waals surface area (Å²) in [6.45, 7) is 11.9. The van der Waals surface area contributed by atoms with Gasteiger partial charge >= 0.3 is 0 Å². The van der Waals surface area contributed by atoms with Crippen molar-refractivity contribution in [2.24, 2.45) is 5.92 Å². The number of carbonyl (C=O) groups is 1. The lowest BCUT2D eigenvalue weighted by molar-refractivity contribution is -0.121. The first-order valence-corrected chi connectivity index (χ1v) is 6.45. The number of rotatable bonds is 3. The third-order valence-electron chi connectivity index (χ3n) is 3.47. The fourth-order valence-corrected chi connectivity index (χ4v) is 2.19. The highest BCUT2D eigenvalue weighted by Gasteiger charge is 2.26. The maximum Gasteiger partial charge on any atom is 0.219 e. The van der Waals surface area contributed by atoms with E-state index in [1.165, 1.54) is 12.8 Å². The number of amides is 1. The number of carbonyl (C=O) groups excluding carboxylic acids is 1. The Hall–Kier alpha value is -0.570. The molecule has 3 nitrogen and oxygen atoms in total. The van der Waals surface area contributed by atoms with Crippen molar-refractivity contribution in [3.63, 3.8) is 0 Å². The molecule has 1 aliphatic heterocycles. The Kier molecular flexibility index (Phi) is 4.78. The zero-order chi connectivity index (χ0) is 12.2. The molecule has 1 heterocycles. The van der Waals surface area contributed by atoms with Crippen LogP contribution in [-0.4, -0.2) is 36.0 Å². The first-order chi connectivity index (χ1) is 7.43. The van der Waals surface area contributed by atoms with Crippen LogP contribution in [0.2, 0.25) is 0 Å². The molecule has 0 atom stereocenters. The molecule has 0 bridgehead atoms. The van der Waals surface area contributed by atoms with Crippen LogP contribution in [0.5, 0.6) is 0 Å². The van der Waals surface area contributed by atoms with Crippen molar-refractivity contribution in [3.8, 4) is 0 Å². The van der Waals surface area contributed by atoms with Gasteiger partial charge in [-0.05, 0) is 52.6 Å². The van der Waals surface area contributed by atoms with Crippen LogP contribution in [0, 0.1) is 5.92 Å². The van der Waals surface area contributed by atoms with Crippen molar-refractivity contribution in [2.75, 3.05) is 19.6 Å². The minimum atomic E-state index is 0.179. The smallest absolute Gasteiger partial charge is 0.219 e. The highest BCUT2D eigenvalue weighted by atomic mass is 16.1. The molecule has 0 aliphatic carbocycles. The summed E-state index contributed by atoms with van der Waals surface area (Å²) in [6, 6.07) is 0. The second-order valence-corrected chi connectivity index (χ2v) is 5.76. The van der Waals surface area contributed by atoms with Crippen LogP contribution in [-0.2, 0) is 4.79 Å². The molecule has 0 aromatic rings. The number of hydrogen-bond acceptors (Lipinski definition) is 2. The monoisotopic (exact) mass is 226 g/mol. The zero-order valence-electron chi connectivity index (χ0n) is 11.2. The third-order valence-corrected chi connectivity index (χ3v) is 3.47. The van der Waals surface area contributed by atoms with Gasteiger partial charge in [0.25, 0.3) is 0 Å². The van der Waals surface area contributed by atoms with Gasteiger partial charge in [0, 0.05) is 18.5 Å². The molecule has 3 heteroatoms. The van der Waals surface area contributed by atoms with E-state index in [1.54, 1.807) is 0 Å². The molecule has 1 aliphatic rings. The first kappa shape index (κ1) is 13.5. The van der Waals surface area contributed by atoms with E-state index in [0.717, 1.165) is 19.6 Å². The average molecular weight is 226 g/mol. The molecule has 0 unspecified atom stereocenters. The van der Waals surface area contributed by atoms with Crippen molar-refractivity contribution in [3.05, 3.63) is 0 Å². The van der Waals surface area contributed by atoms with Crippen molar-refractivity contribution < 1.29 is 4.79 Å². The molecule has 94 valence electrons. The summed E-state index contributed by atoms with van der Waals surface area (Å²) in [7, 11) is 0. The van der Waals surface area contributed by atoms with Gasteiger partial charge in [0.15, 0.2) is 0 Å². The summed E-state index contributed by atoms with van der Waals surface area (Å²) in [6.07, 6.45) is 3.02. The standard InChI is InChI=1S/C13H26N2O/c1-5-12(16)14-10-11-6-8-15(9-7-11)13(2,3)4/h11H,5-10H2,1-4H3,(H,14,16). The Bertz CT molecular complexity index is 225. The zero-order valence-corrected chi connectivity index (χ0v) is 11.2. The molecule has 0 radical (unpaired) electrons. The fourth-order valence-electron chi connectivity index (χ4n) is 2.19. The van der Waals surface area contributed by atoms with E-state index in [1.807, 2.05) is 6.92 Å². The Morgan fingerprint density at radius 3 is 2.31 bits per heavy atom. The van der Waals surface area contributed by atoms with Gasteiger partial charge in [-0.2, -0.15) is 0 Å². The minimum Gasteiger partial charge on any atom is -0.356 e. The van der Waals surface area contributed by atoms with E-state index >= 15 is 0 Å². The molecule has 0 spiro atoms. The lowest BCUT2D eigenvalue weighted by Crippen LogP contribution is -2.47. The molecule has 1 rings (SSSR count). The van der Waals surface area contributed by atoms with Crippen LogP contribution in [0.25, 0.3) is 0 Å². The van der Waals surface area contributed by atoms with Gasteiger partial charge in [0.05, 0.1) is 0 Å². The van der Waals surface area contributed by atoms with Crippen LogP contribution in [0.1, 0.15) is 47.0 Å². The van der Waals surface area contributed by atoms with Gasteiger partial charge < -0.3 is 5.32 Å². The Balaban J connectivity index is 2.25. The second-order valence-electron chi connectivity index (χ2n) is 5.76. The molecule has 0 saturated carbocycles. The summed E-state index contributed by atoms with van der Waals surface area (Å²) in [5.41, 5.74) is 0.289. The van der Waals surface area contributed by atoms with Crippen molar-refractivity contribution in [1.29, 1.82) is 0 Å². The summed E-state index contributed by atoms with van der Waals surface area (Å²) in [4.78, 5) is 13.7. The maximum atomic E-state index is 11.2. The highest BCUT2D eigenvalue weighted by molar-refractivity contribution is 5.75. The molecule has 16 heavy (non-hydrogen) atoms. The van der Waals surface area contributed by atoms with E-state index < -0.39 is 0 Å². The number of hydrogen-bond donors (Lipinski definition) is 1. The summed E-state index contributed by atoms with van der Waals surface area (Å²) < 4.78 is 0. The quantitative estimate of drug-likeness (QED) is 0.798. The van der Waals surface area contributed by atoms with E-state index in [-0.39, 0.29) is 11.4 Å². The lowest BCUT2D eigenvalue weighted by Gasteiger charge is -2.40. The Morgan fingerprint density at radius 2 is 1.88 bits per heavy atom. The molecule has 1 fully saturated rings. The number of piperidine rings is 1. The normalized spacial score (nSPS) is 19.8. The van der Waals surface area contributed by atoms with Gasteiger partial charge in [-0.25, -0.2) is 0 Å². The predicted molar refractivity (Wildman–Crippen MR) is 67.4 cm³/mol. The van der Waals surface area contributed by atoms with E-state index in [9.17, 15) is 4.79 Å². The molecule has 0 aromatic carbocycles. The number of nitrogens with one attached hydrogen (secondary N) is 1. The first-order valence-electron chi connectivity index (χ1n) is 6.45. The molecule has 1 amide bonds. The topological polar surface area (TPSA) is 32.3 Å². The summed E-state index contributed by atoms with van der Waals surface area (Å²) in [5, 5.41) is 3.00. The van der Waals surface area contributed by atoms with Gasteiger partial charge in [0.1, 0.15) is 0 Å². The van der Waals surface area contributed by atoms with Crippen LogP contribution in [0.3, 0.4) is 0 Å². The van der Waals surface area contributed by atoms with Crippen LogP contribution >= 0.6 is 0 Å². The predicted octanol–water partition coefficient (Wildman–Crippen LogP) is 2.02.